The number of rotatable bonds is 4. The fraction of sp³-hybridized carbons (Fsp3) is 0.550. The molecule has 1 aromatic carbocycles. The highest BCUT2D eigenvalue weighted by molar-refractivity contribution is 6.31. The molecular formula is C20H22ClFN4O3. The Balaban J connectivity index is 1.24. The van der Waals surface area contributed by atoms with E-state index >= 15 is 0 Å². The fourth-order valence-corrected chi connectivity index (χ4v) is 5.27. The fourth-order valence-electron chi connectivity index (χ4n) is 5.07. The van der Waals surface area contributed by atoms with Crippen LogP contribution in [0.3, 0.4) is 0 Å². The zero-order valence-electron chi connectivity index (χ0n) is 15.8. The molecule has 0 aromatic heterocycles. The molecule has 154 valence electrons. The standard InChI is InChI=1S/C20H22ClFN4O3/c21-12-7-15(22)14-9-13-10-25(5-6-26(13)16(14)8-12)17(27)3-4-20(11-1-2-11)18(28)23-19(29)24-20/h7-8,11,13H,1-6,9-10H2,(H2,23,24,28,29)/t13-,20+/m1/s1. The topological polar surface area (TPSA) is 81.8 Å². The number of nitrogens with zero attached hydrogens (tertiary/aromatic N) is 2. The van der Waals surface area contributed by atoms with Crippen LogP contribution in [0.4, 0.5) is 14.9 Å². The molecule has 0 spiro atoms. The number of hydrogen-bond donors (Lipinski definition) is 2. The molecule has 2 saturated heterocycles. The van der Waals surface area contributed by atoms with E-state index in [1.54, 1.807) is 11.0 Å². The number of fused-ring (bicyclic) bond motifs is 3. The van der Waals surface area contributed by atoms with E-state index in [4.69, 9.17) is 11.6 Å². The molecule has 0 radical (unpaired) electrons. The number of imide groups is 1. The van der Waals surface area contributed by atoms with Gasteiger partial charge in [-0.15, -0.1) is 0 Å². The number of hydrogen-bond acceptors (Lipinski definition) is 4. The lowest BCUT2D eigenvalue weighted by Crippen LogP contribution is -2.54. The molecule has 1 aromatic rings. The van der Waals surface area contributed by atoms with Gasteiger partial charge in [0.05, 0.1) is 6.04 Å². The maximum atomic E-state index is 14.3. The summed E-state index contributed by atoms with van der Waals surface area (Å²) < 4.78 is 14.3. The van der Waals surface area contributed by atoms with Gasteiger partial charge < -0.3 is 15.1 Å². The van der Waals surface area contributed by atoms with Crippen molar-refractivity contribution in [3.8, 4) is 0 Å². The minimum absolute atomic E-state index is 0.0301. The van der Waals surface area contributed by atoms with Gasteiger partial charge in [0.2, 0.25) is 5.91 Å². The molecule has 29 heavy (non-hydrogen) atoms. The number of urea groups is 1. The van der Waals surface area contributed by atoms with Gasteiger partial charge in [-0.2, -0.15) is 0 Å². The predicted molar refractivity (Wildman–Crippen MR) is 104 cm³/mol. The Labute approximate surface area is 172 Å². The van der Waals surface area contributed by atoms with Crippen molar-refractivity contribution in [2.45, 2.75) is 43.7 Å². The lowest BCUT2D eigenvalue weighted by atomic mass is 9.87. The summed E-state index contributed by atoms with van der Waals surface area (Å²) in [6.07, 6.45) is 2.82. The largest absolute Gasteiger partial charge is 0.364 e. The Morgan fingerprint density at radius 2 is 2.07 bits per heavy atom. The average molecular weight is 421 g/mol. The number of benzene rings is 1. The van der Waals surface area contributed by atoms with Crippen molar-refractivity contribution in [1.82, 2.24) is 15.5 Å². The first-order valence-corrected chi connectivity index (χ1v) is 10.4. The number of halogens is 2. The van der Waals surface area contributed by atoms with Crippen LogP contribution in [0.25, 0.3) is 0 Å². The zero-order valence-corrected chi connectivity index (χ0v) is 16.6. The second kappa shape index (κ2) is 6.58. The van der Waals surface area contributed by atoms with Gasteiger partial charge in [0.1, 0.15) is 11.4 Å². The van der Waals surface area contributed by atoms with Crippen molar-refractivity contribution in [3.63, 3.8) is 0 Å². The van der Waals surface area contributed by atoms with E-state index in [2.05, 4.69) is 15.5 Å². The maximum absolute atomic E-state index is 14.3. The van der Waals surface area contributed by atoms with Crippen LogP contribution >= 0.6 is 11.6 Å². The summed E-state index contributed by atoms with van der Waals surface area (Å²) in [5.41, 5.74) is 0.537. The highest BCUT2D eigenvalue weighted by Crippen LogP contribution is 2.44. The van der Waals surface area contributed by atoms with E-state index in [1.165, 1.54) is 6.07 Å². The summed E-state index contributed by atoms with van der Waals surface area (Å²) in [5.74, 6) is -0.543. The molecule has 0 bridgehead atoms. The van der Waals surface area contributed by atoms with E-state index in [0.29, 0.717) is 43.1 Å². The first-order chi connectivity index (χ1) is 13.9. The molecule has 4 amide bonds. The second-order valence-electron chi connectivity index (χ2n) is 8.43. The first kappa shape index (κ1) is 18.7. The summed E-state index contributed by atoms with van der Waals surface area (Å²) in [4.78, 5) is 40.8. The summed E-state index contributed by atoms with van der Waals surface area (Å²) in [7, 11) is 0. The number of carbonyl (C=O) groups excluding carboxylic acids is 3. The van der Waals surface area contributed by atoms with Crippen LogP contribution in [0.5, 0.6) is 0 Å². The Bertz CT molecular complexity index is 921. The van der Waals surface area contributed by atoms with Crippen LogP contribution in [-0.4, -0.2) is 54.0 Å². The molecule has 0 unspecified atom stereocenters. The number of piperazine rings is 1. The lowest BCUT2D eigenvalue weighted by molar-refractivity contribution is -0.133. The average Bonchev–Trinajstić information content (AvgIpc) is 3.40. The number of anilines is 1. The summed E-state index contributed by atoms with van der Waals surface area (Å²) in [5, 5.41) is 5.46. The molecule has 2 N–H and O–H groups in total. The number of amides is 4. The van der Waals surface area contributed by atoms with Crippen molar-refractivity contribution in [1.29, 1.82) is 0 Å². The van der Waals surface area contributed by atoms with Crippen molar-refractivity contribution in [3.05, 3.63) is 28.5 Å². The third kappa shape index (κ3) is 3.04. The van der Waals surface area contributed by atoms with Crippen LogP contribution in [0, 0.1) is 11.7 Å². The van der Waals surface area contributed by atoms with Crippen LogP contribution in [0.1, 0.15) is 31.2 Å². The third-order valence-electron chi connectivity index (χ3n) is 6.70. The predicted octanol–water partition coefficient (Wildman–Crippen LogP) is 1.82. The highest BCUT2D eigenvalue weighted by atomic mass is 35.5. The molecule has 2 atom stereocenters. The van der Waals surface area contributed by atoms with Crippen LogP contribution in [0.2, 0.25) is 5.02 Å². The molecule has 7 nitrogen and oxygen atoms in total. The third-order valence-corrected chi connectivity index (χ3v) is 6.92. The molecule has 1 aliphatic carbocycles. The van der Waals surface area contributed by atoms with Crippen molar-refractivity contribution in [2.24, 2.45) is 5.92 Å². The van der Waals surface area contributed by atoms with E-state index in [9.17, 15) is 18.8 Å². The summed E-state index contributed by atoms with van der Waals surface area (Å²) in [6.45, 7) is 1.67. The van der Waals surface area contributed by atoms with Crippen molar-refractivity contribution in [2.75, 3.05) is 24.5 Å². The van der Waals surface area contributed by atoms with Crippen LogP contribution < -0.4 is 15.5 Å². The zero-order chi connectivity index (χ0) is 20.3. The van der Waals surface area contributed by atoms with Gasteiger partial charge in [-0.25, -0.2) is 9.18 Å². The molecule has 3 heterocycles. The number of nitrogens with one attached hydrogen (secondary N) is 2. The smallest absolute Gasteiger partial charge is 0.322 e. The molecule has 4 aliphatic rings. The Kier molecular flexibility index (Phi) is 4.24. The highest BCUT2D eigenvalue weighted by Gasteiger charge is 2.55. The minimum atomic E-state index is -0.946. The quantitative estimate of drug-likeness (QED) is 0.728. The SMILES string of the molecule is O=C1NC(=O)[C@](CCC(=O)N2CCN3c4cc(Cl)cc(F)c4C[C@@H]3C2)(C2CC2)N1. The Morgan fingerprint density at radius 3 is 2.76 bits per heavy atom. The van der Waals surface area contributed by atoms with Crippen molar-refractivity contribution >= 4 is 35.1 Å². The minimum Gasteiger partial charge on any atom is -0.364 e. The summed E-state index contributed by atoms with van der Waals surface area (Å²) >= 11 is 6.01. The van der Waals surface area contributed by atoms with Gasteiger partial charge in [0.25, 0.3) is 5.91 Å². The van der Waals surface area contributed by atoms with E-state index in [1.807, 2.05) is 0 Å². The van der Waals surface area contributed by atoms with E-state index < -0.39 is 11.6 Å². The van der Waals surface area contributed by atoms with Gasteiger partial charge in [0.15, 0.2) is 0 Å². The molecule has 3 fully saturated rings. The Hall–Kier alpha value is -2.35. The van der Waals surface area contributed by atoms with Crippen LogP contribution in [-0.2, 0) is 16.0 Å². The lowest BCUT2D eigenvalue weighted by Gasteiger charge is -2.39. The molecule has 1 saturated carbocycles. The van der Waals surface area contributed by atoms with E-state index in [0.717, 1.165) is 18.5 Å². The van der Waals surface area contributed by atoms with Gasteiger partial charge in [-0.1, -0.05) is 11.6 Å². The molecule has 9 heteroatoms. The molecular weight excluding hydrogens is 399 g/mol. The van der Waals surface area contributed by atoms with Gasteiger partial charge in [-0.05, 0) is 43.7 Å². The number of carbonyl (C=O) groups is 3. The summed E-state index contributed by atoms with van der Waals surface area (Å²) in [6, 6.07) is 2.67. The first-order valence-electron chi connectivity index (χ1n) is 10.0. The monoisotopic (exact) mass is 420 g/mol. The molecule has 5 rings (SSSR count). The second-order valence-corrected chi connectivity index (χ2v) is 8.87. The van der Waals surface area contributed by atoms with E-state index in [-0.39, 0.29) is 36.0 Å². The Morgan fingerprint density at radius 1 is 1.28 bits per heavy atom. The molecule has 3 aliphatic heterocycles. The van der Waals surface area contributed by atoms with Crippen molar-refractivity contribution < 1.29 is 18.8 Å². The van der Waals surface area contributed by atoms with Gasteiger partial charge in [-0.3, -0.25) is 14.9 Å². The van der Waals surface area contributed by atoms with Crippen LogP contribution in [0.15, 0.2) is 12.1 Å². The maximum Gasteiger partial charge on any atom is 0.322 e. The van der Waals surface area contributed by atoms with Gasteiger partial charge in [0, 0.05) is 42.3 Å². The normalized spacial score (nSPS) is 28.1. The van der Waals surface area contributed by atoms with Gasteiger partial charge >= 0.3 is 6.03 Å².